The maximum absolute atomic E-state index is 5.84. The van der Waals surface area contributed by atoms with Crippen LogP contribution in [0.4, 0.5) is 0 Å². The molecule has 1 rings (SSSR count). The molecule has 0 saturated carbocycles. The molecule has 13 heavy (non-hydrogen) atoms. The van der Waals surface area contributed by atoms with E-state index >= 15 is 0 Å². The molecule has 0 spiro atoms. The van der Waals surface area contributed by atoms with Crippen LogP contribution in [0.5, 0.6) is 0 Å². The normalized spacial score (nSPS) is 10.3. The van der Waals surface area contributed by atoms with E-state index in [2.05, 4.69) is 11.4 Å². The third-order valence-electron chi connectivity index (χ3n) is 1.71. The van der Waals surface area contributed by atoms with Crippen molar-refractivity contribution in [3.8, 4) is 0 Å². The minimum Gasteiger partial charge on any atom is -0.313 e. The molecule has 1 aromatic carbocycles. The Bertz CT molecular complexity index is 250. The highest BCUT2D eigenvalue weighted by atomic mass is 35.5. The van der Waals surface area contributed by atoms with Gasteiger partial charge in [0.05, 0.1) is 0 Å². The molecule has 0 aliphatic heterocycles. The third kappa shape index (κ3) is 4.51. The summed E-state index contributed by atoms with van der Waals surface area (Å²) in [6, 6.07) is 7.86. The lowest BCUT2D eigenvalue weighted by molar-refractivity contribution is 0.678. The van der Waals surface area contributed by atoms with Crippen LogP contribution in [0.25, 0.3) is 0 Å². The minimum absolute atomic E-state index is 0.711. The summed E-state index contributed by atoms with van der Waals surface area (Å²) in [5, 5.41) is 4.08. The van der Waals surface area contributed by atoms with Gasteiger partial charge in [-0.2, -0.15) is 0 Å². The first-order chi connectivity index (χ1) is 6.33. The van der Waals surface area contributed by atoms with Gasteiger partial charge in [-0.3, -0.25) is 0 Å². The summed E-state index contributed by atoms with van der Waals surface area (Å²) in [7, 11) is 0. The predicted octanol–water partition coefficient (Wildman–Crippen LogP) is 3.06. The SMILES string of the molecule is ClCCCNCc1cccc(Cl)c1. The monoisotopic (exact) mass is 217 g/mol. The van der Waals surface area contributed by atoms with Crippen LogP contribution >= 0.6 is 23.2 Å². The summed E-state index contributed by atoms with van der Waals surface area (Å²) in [5.41, 5.74) is 1.21. The molecule has 0 heterocycles. The quantitative estimate of drug-likeness (QED) is 0.591. The highest BCUT2D eigenvalue weighted by Gasteiger charge is 1.92. The Morgan fingerprint density at radius 3 is 2.85 bits per heavy atom. The standard InChI is InChI=1S/C10H13Cl2N/c11-5-2-6-13-8-9-3-1-4-10(12)7-9/h1,3-4,7,13H,2,5-6,8H2. The molecule has 1 aromatic rings. The highest BCUT2D eigenvalue weighted by molar-refractivity contribution is 6.30. The Morgan fingerprint density at radius 2 is 2.15 bits per heavy atom. The van der Waals surface area contributed by atoms with Crippen LogP contribution in [0, 0.1) is 0 Å². The topological polar surface area (TPSA) is 12.0 Å². The van der Waals surface area contributed by atoms with Crippen molar-refractivity contribution < 1.29 is 0 Å². The molecule has 3 heteroatoms. The molecule has 1 nitrogen and oxygen atoms in total. The van der Waals surface area contributed by atoms with Gasteiger partial charge in [-0.05, 0) is 30.7 Å². The molecule has 0 saturated heterocycles. The summed E-state index contributed by atoms with van der Waals surface area (Å²) in [6.45, 7) is 1.81. The van der Waals surface area contributed by atoms with E-state index in [1.165, 1.54) is 5.56 Å². The van der Waals surface area contributed by atoms with Gasteiger partial charge in [0, 0.05) is 17.4 Å². The van der Waals surface area contributed by atoms with Crippen LogP contribution in [-0.2, 0) is 6.54 Å². The molecule has 0 aliphatic carbocycles. The smallest absolute Gasteiger partial charge is 0.0409 e. The maximum Gasteiger partial charge on any atom is 0.0409 e. The fourth-order valence-electron chi connectivity index (χ4n) is 1.07. The number of nitrogens with one attached hydrogen (secondary N) is 1. The number of hydrogen-bond acceptors (Lipinski definition) is 1. The van der Waals surface area contributed by atoms with E-state index in [0.29, 0.717) is 5.88 Å². The van der Waals surface area contributed by atoms with Crippen LogP contribution < -0.4 is 5.32 Å². The van der Waals surface area contributed by atoms with Crippen molar-refractivity contribution in [3.05, 3.63) is 34.9 Å². The average Bonchev–Trinajstić information content (AvgIpc) is 2.13. The Hall–Kier alpha value is -0.240. The Kier molecular flexibility index (Phi) is 5.21. The van der Waals surface area contributed by atoms with Gasteiger partial charge >= 0.3 is 0 Å². The van der Waals surface area contributed by atoms with Gasteiger partial charge in [0.1, 0.15) is 0 Å². The summed E-state index contributed by atoms with van der Waals surface area (Å²) in [4.78, 5) is 0. The third-order valence-corrected chi connectivity index (χ3v) is 2.21. The lowest BCUT2D eigenvalue weighted by Crippen LogP contribution is -2.14. The molecule has 0 unspecified atom stereocenters. The molecule has 0 aliphatic rings. The van der Waals surface area contributed by atoms with E-state index in [1.807, 2.05) is 18.2 Å². The van der Waals surface area contributed by atoms with Crippen LogP contribution in [0.15, 0.2) is 24.3 Å². The van der Waals surface area contributed by atoms with Crippen LogP contribution in [0.1, 0.15) is 12.0 Å². The van der Waals surface area contributed by atoms with Crippen molar-refractivity contribution in [3.63, 3.8) is 0 Å². The summed E-state index contributed by atoms with van der Waals surface area (Å²) in [5.74, 6) is 0.711. The molecule has 72 valence electrons. The summed E-state index contributed by atoms with van der Waals surface area (Å²) >= 11 is 11.4. The average molecular weight is 218 g/mol. The molecule has 0 fully saturated rings. The van der Waals surface area contributed by atoms with E-state index in [0.717, 1.165) is 24.5 Å². The van der Waals surface area contributed by atoms with Gasteiger partial charge in [0.2, 0.25) is 0 Å². The van der Waals surface area contributed by atoms with Crippen molar-refractivity contribution in [2.24, 2.45) is 0 Å². The predicted molar refractivity (Wildman–Crippen MR) is 58.5 cm³/mol. The Morgan fingerprint density at radius 1 is 1.31 bits per heavy atom. The van der Waals surface area contributed by atoms with Gasteiger partial charge < -0.3 is 5.32 Å². The van der Waals surface area contributed by atoms with E-state index in [9.17, 15) is 0 Å². The lowest BCUT2D eigenvalue weighted by atomic mass is 10.2. The molecule has 0 radical (unpaired) electrons. The number of benzene rings is 1. The first kappa shape index (κ1) is 10.8. The van der Waals surface area contributed by atoms with Crippen LogP contribution in [0.3, 0.4) is 0 Å². The summed E-state index contributed by atoms with van der Waals surface area (Å²) < 4.78 is 0. The number of alkyl halides is 1. The lowest BCUT2D eigenvalue weighted by Gasteiger charge is -2.03. The van der Waals surface area contributed by atoms with E-state index in [-0.39, 0.29) is 0 Å². The molecule has 1 N–H and O–H groups in total. The van der Waals surface area contributed by atoms with E-state index < -0.39 is 0 Å². The fraction of sp³-hybridized carbons (Fsp3) is 0.400. The fourth-order valence-corrected chi connectivity index (χ4v) is 1.42. The molecular weight excluding hydrogens is 205 g/mol. The van der Waals surface area contributed by atoms with E-state index in [1.54, 1.807) is 0 Å². The highest BCUT2D eigenvalue weighted by Crippen LogP contribution is 2.09. The molecule has 0 bridgehead atoms. The van der Waals surface area contributed by atoms with Gasteiger partial charge in [-0.15, -0.1) is 11.6 Å². The van der Waals surface area contributed by atoms with Crippen molar-refractivity contribution in [1.29, 1.82) is 0 Å². The van der Waals surface area contributed by atoms with Crippen molar-refractivity contribution in [1.82, 2.24) is 5.32 Å². The first-order valence-electron chi connectivity index (χ1n) is 4.34. The number of halogens is 2. The summed E-state index contributed by atoms with van der Waals surface area (Å²) in [6.07, 6.45) is 1.00. The molecule has 0 amide bonds. The Labute approximate surface area is 89.0 Å². The first-order valence-corrected chi connectivity index (χ1v) is 5.25. The zero-order valence-corrected chi connectivity index (χ0v) is 8.91. The second kappa shape index (κ2) is 6.25. The van der Waals surface area contributed by atoms with Gasteiger partial charge in [-0.1, -0.05) is 23.7 Å². The van der Waals surface area contributed by atoms with Gasteiger partial charge in [0.15, 0.2) is 0 Å². The Balaban J connectivity index is 2.28. The van der Waals surface area contributed by atoms with Crippen LogP contribution in [0.2, 0.25) is 5.02 Å². The number of rotatable bonds is 5. The van der Waals surface area contributed by atoms with Crippen LogP contribution in [-0.4, -0.2) is 12.4 Å². The van der Waals surface area contributed by atoms with Crippen molar-refractivity contribution in [2.75, 3.05) is 12.4 Å². The van der Waals surface area contributed by atoms with Gasteiger partial charge in [-0.25, -0.2) is 0 Å². The van der Waals surface area contributed by atoms with Gasteiger partial charge in [0.25, 0.3) is 0 Å². The van der Waals surface area contributed by atoms with E-state index in [4.69, 9.17) is 23.2 Å². The minimum atomic E-state index is 0.711. The van der Waals surface area contributed by atoms with Crippen molar-refractivity contribution >= 4 is 23.2 Å². The zero-order chi connectivity index (χ0) is 9.52. The zero-order valence-electron chi connectivity index (χ0n) is 7.39. The molecule has 0 atom stereocenters. The molecule has 0 aromatic heterocycles. The maximum atomic E-state index is 5.84. The number of hydrogen-bond donors (Lipinski definition) is 1. The molecular formula is C10H13Cl2N. The van der Waals surface area contributed by atoms with Crippen molar-refractivity contribution in [2.45, 2.75) is 13.0 Å². The second-order valence-corrected chi connectivity index (χ2v) is 3.66. The second-order valence-electron chi connectivity index (χ2n) is 2.85. The largest absolute Gasteiger partial charge is 0.313 e.